The maximum atomic E-state index is 13.5. The zero-order valence-corrected chi connectivity index (χ0v) is 15.9. The fraction of sp³-hybridized carbons (Fsp3) is 0.286. The van der Waals surface area contributed by atoms with E-state index in [-0.39, 0.29) is 5.91 Å². The Morgan fingerprint density at radius 1 is 1.19 bits per heavy atom. The van der Waals surface area contributed by atoms with Gasteiger partial charge < -0.3 is 14.4 Å². The predicted molar refractivity (Wildman–Crippen MR) is 100 cm³/mol. The maximum Gasteiger partial charge on any atom is 0.254 e. The third-order valence-electron chi connectivity index (χ3n) is 4.49. The van der Waals surface area contributed by atoms with Crippen LogP contribution in [0, 0.1) is 11.6 Å². The fourth-order valence-corrected chi connectivity index (χ4v) is 2.85. The minimum atomic E-state index is -0.945. The monoisotopic (exact) mass is 375 g/mol. The van der Waals surface area contributed by atoms with E-state index in [0.29, 0.717) is 29.0 Å². The van der Waals surface area contributed by atoms with Gasteiger partial charge in [0.1, 0.15) is 0 Å². The highest BCUT2D eigenvalue weighted by atomic mass is 19.2. The fourth-order valence-electron chi connectivity index (χ4n) is 2.85. The molecule has 1 atom stereocenters. The van der Waals surface area contributed by atoms with Crippen LogP contribution in [0.2, 0.25) is 0 Å². The summed E-state index contributed by atoms with van der Waals surface area (Å²) in [6.07, 6.45) is 2.21. The number of nitrogens with zero attached hydrogens (tertiary/aromatic N) is 1. The molecule has 2 aromatic carbocycles. The van der Waals surface area contributed by atoms with E-state index in [0.717, 1.165) is 17.7 Å². The van der Waals surface area contributed by atoms with Crippen LogP contribution in [-0.2, 0) is 6.42 Å². The first-order valence-electron chi connectivity index (χ1n) is 8.41. The molecular weight excluding hydrogens is 352 g/mol. The topological polar surface area (TPSA) is 38.8 Å². The number of rotatable bonds is 7. The number of hydrogen-bond donors (Lipinski definition) is 0. The SMILES string of the molecule is C=CCc1cc(C(=O)N(C)C(C)c2ccc(F)c(F)c2)cc(OC)c1OC. The third-order valence-corrected chi connectivity index (χ3v) is 4.49. The van der Waals surface area contributed by atoms with E-state index in [4.69, 9.17) is 9.47 Å². The third kappa shape index (κ3) is 4.27. The molecule has 0 radical (unpaired) electrons. The molecule has 0 aliphatic rings. The van der Waals surface area contributed by atoms with E-state index in [2.05, 4.69) is 6.58 Å². The van der Waals surface area contributed by atoms with E-state index in [1.54, 1.807) is 32.2 Å². The van der Waals surface area contributed by atoms with Crippen LogP contribution in [0.25, 0.3) is 0 Å². The predicted octanol–water partition coefficient (Wildman–Crippen LogP) is 4.54. The second-order valence-electron chi connectivity index (χ2n) is 6.13. The molecule has 27 heavy (non-hydrogen) atoms. The van der Waals surface area contributed by atoms with Crippen molar-refractivity contribution in [2.24, 2.45) is 0 Å². The Bertz CT molecular complexity index is 852. The first-order valence-corrected chi connectivity index (χ1v) is 8.41. The molecule has 0 saturated heterocycles. The van der Waals surface area contributed by atoms with Crippen LogP contribution in [0.3, 0.4) is 0 Å². The van der Waals surface area contributed by atoms with Crippen molar-refractivity contribution in [1.29, 1.82) is 0 Å². The Morgan fingerprint density at radius 2 is 1.89 bits per heavy atom. The Hall–Kier alpha value is -2.89. The van der Waals surface area contributed by atoms with E-state index in [9.17, 15) is 13.6 Å². The molecule has 0 N–H and O–H groups in total. The molecule has 0 saturated carbocycles. The molecule has 1 amide bonds. The Morgan fingerprint density at radius 3 is 2.44 bits per heavy atom. The van der Waals surface area contributed by atoms with Crippen molar-refractivity contribution in [2.75, 3.05) is 21.3 Å². The average Bonchev–Trinajstić information content (AvgIpc) is 2.67. The van der Waals surface area contributed by atoms with Crippen LogP contribution in [0.15, 0.2) is 43.0 Å². The van der Waals surface area contributed by atoms with Crippen LogP contribution in [0.4, 0.5) is 8.78 Å². The average molecular weight is 375 g/mol. The van der Waals surface area contributed by atoms with Crippen molar-refractivity contribution in [3.8, 4) is 11.5 Å². The summed E-state index contributed by atoms with van der Waals surface area (Å²) in [7, 11) is 4.64. The molecule has 0 aliphatic carbocycles. The zero-order chi connectivity index (χ0) is 20.1. The highest BCUT2D eigenvalue weighted by molar-refractivity contribution is 5.95. The van der Waals surface area contributed by atoms with Crippen molar-refractivity contribution in [1.82, 2.24) is 4.90 Å². The van der Waals surface area contributed by atoms with Crippen molar-refractivity contribution in [3.63, 3.8) is 0 Å². The summed E-state index contributed by atoms with van der Waals surface area (Å²) in [5, 5.41) is 0. The lowest BCUT2D eigenvalue weighted by atomic mass is 10.0. The Kier molecular flexibility index (Phi) is 6.55. The van der Waals surface area contributed by atoms with E-state index >= 15 is 0 Å². The van der Waals surface area contributed by atoms with Gasteiger partial charge in [-0.05, 0) is 43.2 Å². The van der Waals surface area contributed by atoms with Crippen LogP contribution in [-0.4, -0.2) is 32.1 Å². The van der Waals surface area contributed by atoms with Gasteiger partial charge in [-0.15, -0.1) is 6.58 Å². The largest absolute Gasteiger partial charge is 0.493 e. The molecule has 2 aromatic rings. The summed E-state index contributed by atoms with van der Waals surface area (Å²) in [4.78, 5) is 14.4. The Balaban J connectivity index is 2.38. The highest BCUT2D eigenvalue weighted by Crippen LogP contribution is 2.34. The molecule has 4 nitrogen and oxygen atoms in total. The van der Waals surface area contributed by atoms with Crippen molar-refractivity contribution >= 4 is 5.91 Å². The standard InChI is InChI=1S/C21H23F2NO3/c1-6-7-15-10-16(12-19(26-4)20(15)27-5)21(25)24(3)13(2)14-8-9-17(22)18(23)11-14/h6,8-13H,1,7H2,2-5H3. The first-order chi connectivity index (χ1) is 12.8. The molecule has 0 aliphatic heterocycles. The van der Waals surface area contributed by atoms with Gasteiger partial charge in [0.05, 0.1) is 20.3 Å². The van der Waals surface area contributed by atoms with Gasteiger partial charge in [0.2, 0.25) is 0 Å². The number of benzene rings is 2. The lowest BCUT2D eigenvalue weighted by Crippen LogP contribution is -2.30. The number of methoxy groups -OCH3 is 2. The summed E-state index contributed by atoms with van der Waals surface area (Å²) in [6.45, 7) is 5.47. The van der Waals surface area contributed by atoms with Gasteiger partial charge in [-0.2, -0.15) is 0 Å². The molecule has 0 aromatic heterocycles. The zero-order valence-electron chi connectivity index (χ0n) is 15.9. The number of carbonyl (C=O) groups excluding carboxylic acids is 1. The second kappa shape index (κ2) is 8.66. The van der Waals surface area contributed by atoms with Crippen molar-refractivity contribution < 1.29 is 23.0 Å². The number of hydrogen-bond acceptors (Lipinski definition) is 3. The van der Waals surface area contributed by atoms with E-state index < -0.39 is 17.7 Å². The molecule has 0 fully saturated rings. The lowest BCUT2D eigenvalue weighted by Gasteiger charge is -2.26. The quantitative estimate of drug-likeness (QED) is 0.667. The minimum Gasteiger partial charge on any atom is -0.493 e. The van der Waals surface area contributed by atoms with Crippen molar-refractivity contribution in [3.05, 3.63) is 71.3 Å². The summed E-state index contributed by atoms with van der Waals surface area (Å²) in [5.74, 6) is -1.16. The van der Waals surface area contributed by atoms with Gasteiger partial charge in [-0.3, -0.25) is 4.79 Å². The molecule has 0 bridgehead atoms. The first kappa shape index (κ1) is 20.4. The van der Waals surface area contributed by atoms with Gasteiger partial charge in [0.15, 0.2) is 23.1 Å². The van der Waals surface area contributed by atoms with E-state index in [1.807, 2.05) is 0 Å². The lowest BCUT2D eigenvalue weighted by molar-refractivity contribution is 0.0741. The van der Waals surface area contributed by atoms with Crippen LogP contribution in [0.1, 0.15) is 34.5 Å². The van der Waals surface area contributed by atoms with Crippen LogP contribution < -0.4 is 9.47 Å². The number of allylic oxidation sites excluding steroid dienone is 1. The highest BCUT2D eigenvalue weighted by Gasteiger charge is 2.22. The van der Waals surface area contributed by atoms with Crippen molar-refractivity contribution in [2.45, 2.75) is 19.4 Å². The van der Waals surface area contributed by atoms with Gasteiger partial charge in [-0.25, -0.2) is 8.78 Å². The minimum absolute atomic E-state index is 0.279. The van der Waals surface area contributed by atoms with Crippen LogP contribution >= 0.6 is 0 Å². The molecular formula is C21H23F2NO3. The molecule has 144 valence electrons. The van der Waals surface area contributed by atoms with E-state index in [1.165, 1.54) is 25.2 Å². The van der Waals surface area contributed by atoms with Gasteiger partial charge in [-0.1, -0.05) is 12.1 Å². The summed E-state index contributed by atoms with van der Waals surface area (Å²) in [6, 6.07) is 6.48. The molecule has 0 spiro atoms. The number of amides is 1. The van der Waals surface area contributed by atoms with Gasteiger partial charge in [0, 0.05) is 18.2 Å². The number of ether oxygens (including phenoxy) is 2. The number of carbonyl (C=O) groups is 1. The summed E-state index contributed by atoms with van der Waals surface area (Å²) in [5.41, 5.74) is 1.67. The maximum absolute atomic E-state index is 13.5. The summed E-state index contributed by atoms with van der Waals surface area (Å²) >= 11 is 0. The summed E-state index contributed by atoms with van der Waals surface area (Å²) < 4.78 is 37.4. The molecule has 2 rings (SSSR count). The van der Waals surface area contributed by atoms with Crippen LogP contribution in [0.5, 0.6) is 11.5 Å². The van der Waals surface area contributed by atoms with Gasteiger partial charge in [0.25, 0.3) is 5.91 Å². The number of halogens is 2. The second-order valence-corrected chi connectivity index (χ2v) is 6.13. The normalized spacial score (nSPS) is 11.6. The molecule has 0 heterocycles. The van der Waals surface area contributed by atoms with Gasteiger partial charge >= 0.3 is 0 Å². The molecule has 1 unspecified atom stereocenters. The smallest absolute Gasteiger partial charge is 0.254 e. The Labute approximate surface area is 158 Å². The molecule has 6 heteroatoms.